The van der Waals surface area contributed by atoms with Crippen molar-refractivity contribution < 1.29 is 52.5 Å². The minimum Gasteiger partial charge on any atom is -0.454 e. The molecule has 2 heterocycles. The molecule has 4 aliphatic rings. The summed E-state index contributed by atoms with van der Waals surface area (Å²) in [6, 6.07) is 18.7. The van der Waals surface area contributed by atoms with Crippen LogP contribution in [0.1, 0.15) is 68.5 Å². The Morgan fingerprint density at radius 3 is 1.35 bits per heavy atom. The van der Waals surface area contributed by atoms with Gasteiger partial charge in [0.15, 0.2) is 63.8 Å². The van der Waals surface area contributed by atoms with E-state index in [0.29, 0.717) is 35.8 Å². The fraction of sp³-hybridized carbons (Fsp3) is 0.205. The number of hydrogen-bond donors (Lipinski definition) is 2. The fourth-order valence-electron chi connectivity index (χ4n) is 6.77. The van der Waals surface area contributed by atoms with Gasteiger partial charge in [-0.05, 0) is 72.5 Å². The second-order valence-electron chi connectivity index (χ2n) is 12.6. The summed E-state index contributed by atoms with van der Waals surface area (Å²) in [6.45, 7) is 0.601. The van der Waals surface area contributed by atoms with Crippen LogP contribution in [0.15, 0.2) is 72.8 Å². The van der Waals surface area contributed by atoms with E-state index in [2.05, 4.69) is 10.6 Å². The lowest BCUT2D eigenvalue weighted by atomic mass is 9.96. The topological polar surface area (TPSA) is 180 Å². The highest BCUT2D eigenvalue weighted by Gasteiger charge is 2.45. The first kappa shape index (κ1) is 32.6. The normalized spacial score (nSPS) is 17.6. The maximum atomic E-state index is 13.6. The second kappa shape index (κ2) is 12.9. The highest BCUT2D eigenvalue weighted by molar-refractivity contribution is 6.36. The van der Waals surface area contributed by atoms with Gasteiger partial charge in [0.2, 0.25) is 25.4 Å². The molecule has 2 amide bonds. The molecule has 4 aromatic carbocycles. The zero-order valence-electron chi connectivity index (χ0n) is 27.3. The van der Waals surface area contributed by atoms with Crippen molar-refractivity contribution in [3.63, 3.8) is 0 Å². The molecule has 0 bridgehead atoms. The standard InChI is InChI=1S/C39H28N2O11/c42-33(21-3-5-23-25(15-21)36(45)31(34(23)43)38(47)40-11-9-19-1-7-27-29(13-19)51-17-49-27)22-4-6-24-26(16-22)37(46)32(35(24)44)39(48)41-12-10-20-2-8-28-30(14-20)52-18-50-28/h1-8,13-16,31-32H,9-12,17-18H2,(H,40,47)(H,41,48). The molecule has 2 unspecified atom stereocenters. The van der Waals surface area contributed by atoms with Crippen LogP contribution in [0.25, 0.3) is 0 Å². The van der Waals surface area contributed by atoms with Crippen molar-refractivity contribution in [2.24, 2.45) is 11.8 Å². The summed E-state index contributed by atoms with van der Waals surface area (Å²) in [5.41, 5.74) is 1.75. The van der Waals surface area contributed by atoms with Crippen LogP contribution in [0.2, 0.25) is 0 Å². The molecule has 0 aromatic heterocycles. The third-order valence-electron chi connectivity index (χ3n) is 9.50. The van der Waals surface area contributed by atoms with Crippen molar-refractivity contribution in [2.75, 3.05) is 26.7 Å². The van der Waals surface area contributed by atoms with E-state index >= 15 is 0 Å². The number of nitrogens with one attached hydrogen (secondary N) is 2. The third kappa shape index (κ3) is 5.65. The molecule has 0 spiro atoms. The molecule has 0 saturated heterocycles. The molecule has 8 rings (SSSR count). The number of ketones is 5. The predicted molar refractivity (Wildman–Crippen MR) is 179 cm³/mol. The number of ether oxygens (including phenoxy) is 4. The smallest absolute Gasteiger partial charge is 0.238 e. The van der Waals surface area contributed by atoms with E-state index in [1.165, 1.54) is 36.4 Å². The van der Waals surface area contributed by atoms with Crippen molar-refractivity contribution in [1.29, 1.82) is 0 Å². The van der Waals surface area contributed by atoms with Crippen LogP contribution in [-0.4, -0.2) is 67.4 Å². The SMILES string of the molecule is O=C(c1ccc2c(c1)C(=O)C(C(=O)NCCc1ccc3c(c1)OCO3)C2=O)c1ccc2c(c1)C(=O)C(C(=O)NCCc1ccc3c(c1)OCO3)C2=O. The van der Waals surface area contributed by atoms with E-state index in [-0.39, 0.29) is 60.1 Å². The van der Waals surface area contributed by atoms with Crippen molar-refractivity contribution in [3.8, 4) is 23.0 Å². The lowest BCUT2D eigenvalue weighted by Gasteiger charge is -2.09. The molecular weight excluding hydrogens is 672 g/mol. The highest BCUT2D eigenvalue weighted by atomic mass is 16.7. The van der Waals surface area contributed by atoms with Gasteiger partial charge in [0, 0.05) is 46.5 Å². The largest absolute Gasteiger partial charge is 0.454 e. The van der Waals surface area contributed by atoms with Crippen LogP contribution < -0.4 is 29.6 Å². The first-order chi connectivity index (χ1) is 25.2. The molecular formula is C39H28N2O11. The quantitative estimate of drug-likeness (QED) is 0.183. The summed E-state index contributed by atoms with van der Waals surface area (Å²) >= 11 is 0. The number of hydrogen-bond acceptors (Lipinski definition) is 11. The summed E-state index contributed by atoms with van der Waals surface area (Å²) in [4.78, 5) is 92.4. The Kier molecular flexibility index (Phi) is 8.09. The minimum atomic E-state index is -1.58. The molecule has 0 saturated carbocycles. The summed E-state index contributed by atoms with van der Waals surface area (Å²) in [7, 11) is 0. The fourth-order valence-corrected chi connectivity index (χ4v) is 6.77. The first-order valence-corrected chi connectivity index (χ1v) is 16.5. The summed E-state index contributed by atoms with van der Waals surface area (Å²) in [6.07, 6.45) is 0.845. The second-order valence-corrected chi connectivity index (χ2v) is 12.6. The average Bonchev–Trinajstić information content (AvgIpc) is 3.92. The van der Waals surface area contributed by atoms with Crippen molar-refractivity contribution in [1.82, 2.24) is 10.6 Å². The highest BCUT2D eigenvalue weighted by Crippen LogP contribution is 2.34. The summed E-state index contributed by atoms with van der Waals surface area (Å²) in [5, 5.41) is 5.31. The molecule has 13 heteroatoms. The molecule has 0 fully saturated rings. The Morgan fingerprint density at radius 1 is 0.500 bits per heavy atom. The predicted octanol–water partition coefficient (Wildman–Crippen LogP) is 3.08. The van der Waals surface area contributed by atoms with Gasteiger partial charge >= 0.3 is 0 Å². The lowest BCUT2D eigenvalue weighted by molar-refractivity contribution is -0.123. The molecule has 260 valence electrons. The molecule has 13 nitrogen and oxygen atoms in total. The van der Waals surface area contributed by atoms with E-state index in [4.69, 9.17) is 18.9 Å². The van der Waals surface area contributed by atoms with Gasteiger partial charge in [-0.25, -0.2) is 0 Å². The molecule has 2 aliphatic carbocycles. The molecule has 2 aliphatic heterocycles. The Hall–Kier alpha value is -6.63. The number of rotatable bonds is 10. The number of amides is 2. The van der Waals surface area contributed by atoms with E-state index in [0.717, 1.165) is 11.1 Å². The van der Waals surface area contributed by atoms with Crippen LogP contribution >= 0.6 is 0 Å². The summed E-state index contributed by atoms with van der Waals surface area (Å²) < 4.78 is 21.3. The first-order valence-electron chi connectivity index (χ1n) is 16.5. The van der Waals surface area contributed by atoms with Crippen LogP contribution in [0.4, 0.5) is 0 Å². The maximum Gasteiger partial charge on any atom is 0.238 e. The maximum absolute atomic E-state index is 13.6. The molecule has 0 radical (unpaired) electrons. The Morgan fingerprint density at radius 2 is 0.904 bits per heavy atom. The van der Waals surface area contributed by atoms with Gasteiger partial charge in [-0.15, -0.1) is 0 Å². The Balaban J connectivity index is 0.906. The van der Waals surface area contributed by atoms with Crippen LogP contribution in [0.5, 0.6) is 23.0 Å². The van der Waals surface area contributed by atoms with Gasteiger partial charge in [0.05, 0.1) is 0 Å². The molecule has 2 N–H and O–H groups in total. The number of fused-ring (bicyclic) bond motifs is 4. The number of carbonyl (C=O) groups is 7. The van der Waals surface area contributed by atoms with Gasteiger partial charge in [-0.1, -0.05) is 24.3 Å². The van der Waals surface area contributed by atoms with Gasteiger partial charge < -0.3 is 29.6 Å². The van der Waals surface area contributed by atoms with Crippen molar-refractivity contribution in [2.45, 2.75) is 12.8 Å². The van der Waals surface area contributed by atoms with E-state index in [1.807, 2.05) is 12.1 Å². The molecule has 52 heavy (non-hydrogen) atoms. The number of carbonyl (C=O) groups excluding carboxylic acids is 7. The summed E-state index contributed by atoms with van der Waals surface area (Å²) in [5.74, 6) is -5.55. The Labute approximate surface area is 295 Å². The zero-order valence-corrected chi connectivity index (χ0v) is 27.3. The molecule has 4 aromatic rings. The van der Waals surface area contributed by atoms with Gasteiger partial charge in [-0.3, -0.25) is 33.6 Å². The van der Waals surface area contributed by atoms with Gasteiger partial charge in [-0.2, -0.15) is 0 Å². The van der Waals surface area contributed by atoms with Gasteiger partial charge in [0.1, 0.15) is 0 Å². The number of Topliss-reactive ketones (excluding diaryl/α,β-unsaturated/α-hetero) is 4. The van der Waals surface area contributed by atoms with E-state index in [9.17, 15) is 33.6 Å². The molecule has 2 atom stereocenters. The lowest BCUT2D eigenvalue weighted by Crippen LogP contribution is -2.37. The average molecular weight is 701 g/mol. The number of benzene rings is 4. The van der Waals surface area contributed by atoms with E-state index in [1.54, 1.807) is 24.3 Å². The van der Waals surface area contributed by atoms with Gasteiger partial charge in [0.25, 0.3) is 0 Å². The van der Waals surface area contributed by atoms with Crippen molar-refractivity contribution >= 4 is 40.7 Å². The van der Waals surface area contributed by atoms with Crippen LogP contribution in [0.3, 0.4) is 0 Å². The van der Waals surface area contributed by atoms with Crippen molar-refractivity contribution in [3.05, 3.63) is 117 Å². The minimum absolute atomic E-state index is 0.0274. The monoisotopic (exact) mass is 700 g/mol. The van der Waals surface area contributed by atoms with Crippen LogP contribution in [-0.2, 0) is 22.4 Å². The third-order valence-corrected chi connectivity index (χ3v) is 9.50. The Bertz CT molecular complexity index is 2120. The van der Waals surface area contributed by atoms with Crippen LogP contribution in [0, 0.1) is 11.8 Å². The zero-order chi connectivity index (χ0) is 36.1. The van der Waals surface area contributed by atoms with E-state index < -0.39 is 52.6 Å².